The molecule has 0 amide bonds. The number of hydrogen-bond acceptors (Lipinski definition) is 5. The molecule has 0 saturated carbocycles. The molecular formula is C24H23BrFN3O2S. The Hall–Kier alpha value is -2.26. The average Bonchev–Trinajstić information content (AvgIpc) is 3.16. The highest BCUT2D eigenvalue weighted by Gasteiger charge is 2.33. The van der Waals surface area contributed by atoms with Crippen LogP contribution in [0.1, 0.15) is 38.1 Å². The van der Waals surface area contributed by atoms with E-state index in [9.17, 15) is 4.55 Å². The van der Waals surface area contributed by atoms with Gasteiger partial charge in [-0.3, -0.25) is 0 Å². The van der Waals surface area contributed by atoms with E-state index < -0.39 is 28.0 Å². The summed E-state index contributed by atoms with van der Waals surface area (Å²) in [6.45, 7) is 5.62. The molecule has 5 nitrogen and oxygen atoms in total. The van der Waals surface area contributed by atoms with E-state index in [1.54, 1.807) is 6.07 Å². The van der Waals surface area contributed by atoms with Crippen LogP contribution >= 0.6 is 15.9 Å². The van der Waals surface area contributed by atoms with E-state index in [0.29, 0.717) is 33.4 Å². The number of para-hydroxylation sites is 1. The van der Waals surface area contributed by atoms with Gasteiger partial charge < -0.3 is 9.08 Å². The third kappa shape index (κ3) is 4.88. The molecule has 0 aliphatic heterocycles. The second-order valence-corrected chi connectivity index (χ2v) is 11.2. The second kappa shape index (κ2) is 9.31. The van der Waals surface area contributed by atoms with Gasteiger partial charge in [0.1, 0.15) is 20.9 Å². The molecule has 2 aromatic heterocycles. The minimum atomic E-state index is -1.44. The first-order valence-electron chi connectivity index (χ1n) is 10.2. The maximum atomic E-state index is 15.4. The monoisotopic (exact) mass is 515 g/mol. The highest BCUT2D eigenvalue weighted by atomic mass is 79.9. The van der Waals surface area contributed by atoms with E-state index in [1.807, 2.05) is 69.3 Å². The van der Waals surface area contributed by atoms with Crippen molar-refractivity contribution in [2.24, 2.45) is 0 Å². The maximum Gasteiger partial charge on any atom is 0.167 e. The Bertz CT molecular complexity index is 1240. The predicted molar refractivity (Wildman–Crippen MR) is 129 cm³/mol. The molecule has 0 radical (unpaired) electrons. The van der Waals surface area contributed by atoms with Crippen molar-refractivity contribution in [1.82, 2.24) is 14.9 Å². The lowest BCUT2D eigenvalue weighted by Gasteiger charge is -2.29. The van der Waals surface area contributed by atoms with Gasteiger partial charge in [-0.05, 0) is 67.0 Å². The molecular weight excluding hydrogens is 493 g/mol. The van der Waals surface area contributed by atoms with Gasteiger partial charge in [-0.15, -0.1) is 4.72 Å². The summed E-state index contributed by atoms with van der Waals surface area (Å²) < 4.78 is 37.2. The third-order valence-corrected chi connectivity index (χ3v) is 7.08. The molecule has 0 aliphatic carbocycles. The van der Waals surface area contributed by atoms with Crippen LogP contribution in [0, 0.1) is 5.82 Å². The van der Waals surface area contributed by atoms with Crippen LogP contribution in [-0.2, 0) is 17.8 Å². The number of benzene rings is 2. The molecule has 0 saturated heterocycles. The van der Waals surface area contributed by atoms with Crippen LogP contribution in [0.15, 0.2) is 69.8 Å². The molecule has 2 aromatic carbocycles. The lowest BCUT2D eigenvalue weighted by molar-refractivity contribution is 0.459. The van der Waals surface area contributed by atoms with Crippen molar-refractivity contribution in [2.75, 3.05) is 0 Å². The number of aromatic nitrogens is 2. The molecule has 0 aliphatic rings. The van der Waals surface area contributed by atoms with Crippen LogP contribution in [0.2, 0.25) is 0 Å². The molecule has 8 heteroatoms. The Labute approximate surface area is 197 Å². The fraction of sp³-hybridized carbons (Fsp3) is 0.250. The van der Waals surface area contributed by atoms with Crippen molar-refractivity contribution in [3.63, 3.8) is 0 Å². The van der Waals surface area contributed by atoms with Crippen LogP contribution in [0.25, 0.3) is 22.2 Å². The standard InChI is InChI=1S/C24H23BrFN3O2S/c1-24(2,3)32(30)29-19(14-15-8-6-13-21(25)27-15)22-17(10-7-11-18(22)26)23-16-9-4-5-12-20(16)31-28-23/h4-13,19,29H,14H2,1-3H3. The van der Waals surface area contributed by atoms with Gasteiger partial charge in [-0.2, -0.15) is 0 Å². The molecule has 32 heavy (non-hydrogen) atoms. The van der Waals surface area contributed by atoms with Gasteiger partial charge in [0.25, 0.3) is 0 Å². The zero-order valence-corrected chi connectivity index (χ0v) is 20.3. The Morgan fingerprint density at radius 2 is 1.84 bits per heavy atom. The quantitative estimate of drug-likeness (QED) is 0.247. The van der Waals surface area contributed by atoms with E-state index in [1.165, 1.54) is 6.07 Å². The lowest BCUT2D eigenvalue weighted by atomic mass is 9.93. The summed E-state index contributed by atoms with van der Waals surface area (Å²) in [5.41, 5.74) is 2.88. The van der Waals surface area contributed by atoms with Crippen molar-refractivity contribution in [2.45, 2.75) is 38.0 Å². The smallest absolute Gasteiger partial charge is 0.167 e. The summed E-state index contributed by atoms with van der Waals surface area (Å²) in [6.07, 6.45) is 0.338. The Morgan fingerprint density at radius 1 is 1.09 bits per heavy atom. The van der Waals surface area contributed by atoms with Gasteiger partial charge in [0.05, 0.1) is 6.04 Å². The fourth-order valence-corrected chi connectivity index (χ4v) is 4.65. The van der Waals surface area contributed by atoms with Crippen LogP contribution in [-0.4, -0.2) is 19.4 Å². The largest absolute Gasteiger partial charge is 0.598 e. The van der Waals surface area contributed by atoms with Crippen LogP contribution in [0.3, 0.4) is 0 Å². The summed E-state index contributed by atoms with van der Waals surface area (Å²) >= 11 is 1.95. The average molecular weight is 516 g/mol. The van der Waals surface area contributed by atoms with Crippen molar-refractivity contribution in [1.29, 1.82) is 0 Å². The van der Waals surface area contributed by atoms with Crippen molar-refractivity contribution in [3.8, 4) is 11.3 Å². The number of pyridine rings is 1. The normalized spacial score (nSPS) is 13.9. The number of fused-ring (bicyclic) bond motifs is 1. The summed E-state index contributed by atoms with van der Waals surface area (Å²) in [5.74, 6) is -0.409. The van der Waals surface area contributed by atoms with Gasteiger partial charge in [-0.1, -0.05) is 35.5 Å². The highest BCUT2D eigenvalue weighted by Crippen LogP contribution is 2.36. The van der Waals surface area contributed by atoms with E-state index in [4.69, 9.17) is 4.52 Å². The number of nitrogens with one attached hydrogen (secondary N) is 1. The molecule has 0 fully saturated rings. The van der Waals surface area contributed by atoms with E-state index in [0.717, 1.165) is 11.1 Å². The van der Waals surface area contributed by atoms with Crippen LogP contribution in [0.5, 0.6) is 0 Å². The summed E-state index contributed by atoms with van der Waals surface area (Å²) in [6, 6.07) is 17.3. The van der Waals surface area contributed by atoms with Crippen LogP contribution in [0.4, 0.5) is 4.39 Å². The second-order valence-electron chi connectivity index (χ2n) is 8.44. The first-order chi connectivity index (χ1) is 15.2. The molecule has 1 N–H and O–H groups in total. The van der Waals surface area contributed by atoms with Gasteiger partial charge in [0, 0.05) is 40.0 Å². The maximum absolute atomic E-state index is 15.4. The molecule has 0 bridgehead atoms. The molecule has 4 aromatic rings. The topological polar surface area (TPSA) is 74.0 Å². The highest BCUT2D eigenvalue weighted by molar-refractivity contribution is 9.10. The van der Waals surface area contributed by atoms with Gasteiger partial charge in [-0.25, -0.2) is 9.37 Å². The first-order valence-corrected chi connectivity index (χ1v) is 12.1. The molecule has 4 rings (SSSR count). The number of hydrogen-bond donors (Lipinski definition) is 1. The molecule has 2 atom stereocenters. The minimum Gasteiger partial charge on any atom is -0.598 e. The third-order valence-electron chi connectivity index (χ3n) is 5.03. The zero-order chi connectivity index (χ0) is 22.9. The number of halogens is 2. The fourth-order valence-electron chi connectivity index (χ4n) is 3.46. The summed E-state index contributed by atoms with van der Waals surface area (Å²) in [7, 11) is 0. The molecule has 0 spiro atoms. The van der Waals surface area contributed by atoms with Gasteiger partial charge in [0.2, 0.25) is 0 Å². The van der Waals surface area contributed by atoms with E-state index in [-0.39, 0.29) is 0 Å². The van der Waals surface area contributed by atoms with Crippen molar-refractivity contribution < 1.29 is 13.5 Å². The van der Waals surface area contributed by atoms with Crippen molar-refractivity contribution >= 4 is 38.3 Å². The molecule has 2 unspecified atom stereocenters. The summed E-state index contributed by atoms with van der Waals surface area (Å²) in [4.78, 5) is 4.50. The number of nitrogens with zero attached hydrogens (tertiary/aromatic N) is 2. The first kappa shape index (κ1) is 22.9. The molecule has 2 heterocycles. The Kier molecular flexibility index (Phi) is 6.67. The van der Waals surface area contributed by atoms with Crippen molar-refractivity contribution in [3.05, 3.63) is 82.3 Å². The van der Waals surface area contributed by atoms with Crippen LogP contribution < -0.4 is 4.72 Å². The lowest BCUT2D eigenvalue weighted by Crippen LogP contribution is -2.42. The van der Waals surface area contributed by atoms with Gasteiger partial charge in [0.15, 0.2) is 5.58 Å². The Balaban J connectivity index is 1.85. The van der Waals surface area contributed by atoms with Gasteiger partial charge >= 0.3 is 0 Å². The minimum absolute atomic E-state index is 0.338. The zero-order valence-electron chi connectivity index (χ0n) is 17.9. The molecule has 166 valence electrons. The summed E-state index contributed by atoms with van der Waals surface area (Å²) in [5, 5.41) is 5.02. The predicted octanol–water partition coefficient (Wildman–Crippen LogP) is 6.13. The van der Waals surface area contributed by atoms with E-state index in [2.05, 4.69) is 30.8 Å². The SMILES string of the molecule is CC(C)(C)[S+]([O-])NC(Cc1cccc(Br)n1)c1c(F)cccc1-c1noc2ccccc12. The number of rotatable bonds is 6. The van der Waals surface area contributed by atoms with E-state index >= 15 is 4.39 Å². The Morgan fingerprint density at radius 3 is 2.59 bits per heavy atom.